The summed E-state index contributed by atoms with van der Waals surface area (Å²) in [5, 5.41) is 12.2. The smallest absolute Gasteiger partial charge is 0.262 e. The van der Waals surface area contributed by atoms with Crippen molar-refractivity contribution < 1.29 is 23.1 Å². The number of hydrogen-bond acceptors (Lipinski definition) is 3. The number of hydrogen-bond donors (Lipinski definition) is 2. The number of pyridine rings is 1. The molecule has 0 spiro atoms. The minimum Gasteiger partial charge on any atom is -0.387 e. The van der Waals surface area contributed by atoms with Crippen LogP contribution in [0.5, 0.6) is 0 Å². The molecule has 7 heteroatoms. The van der Waals surface area contributed by atoms with Gasteiger partial charge >= 0.3 is 0 Å². The van der Waals surface area contributed by atoms with Crippen molar-refractivity contribution in [3.63, 3.8) is 0 Å². The third kappa shape index (κ3) is 2.87. The van der Waals surface area contributed by atoms with E-state index in [1.165, 1.54) is 24.4 Å². The topological polar surface area (TPSA) is 62.2 Å². The van der Waals surface area contributed by atoms with Crippen molar-refractivity contribution in [1.29, 1.82) is 0 Å². The van der Waals surface area contributed by atoms with Crippen molar-refractivity contribution in [2.45, 2.75) is 31.2 Å². The van der Waals surface area contributed by atoms with Gasteiger partial charge in [-0.3, -0.25) is 9.78 Å². The summed E-state index contributed by atoms with van der Waals surface area (Å²) in [7, 11) is 0. The Hall–Kier alpha value is -2.41. The molecule has 0 saturated heterocycles. The van der Waals surface area contributed by atoms with Crippen molar-refractivity contribution in [3.05, 3.63) is 65.0 Å². The number of carbonyl (C=O) groups is 1. The first kappa shape index (κ1) is 16.4. The van der Waals surface area contributed by atoms with Gasteiger partial charge in [-0.25, -0.2) is 13.2 Å². The van der Waals surface area contributed by atoms with E-state index in [0.717, 1.165) is 6.07 Å². The summed E-state index contributed by atoms with van der Waals surface area (Å²) in [5.74, 6) is -2.48. The van der Waals surface area contributed by atoms with E-state index < -0.39 is 29.3 Å². The van der Waals surface area contributed by atoms with Crippen LogP contribution >= 0.6 is 0 Å². The first-order valence-corrected chi connectivity index (χ1v) is 7.46. The van der Waals surface area contributed by atoms with E-state index in [1.54, 1.807) is 0 Å². The van der Waals surface area contributed by atoms with Crippen LogP contribution in [-0.4, -0.2) is 16.0 Å². The molecular formula is C17H15F3N2O2. The van der Waals surface area contributed by atoms with Crippen LogP contribution in [0.4, 0.5) is 13.2 Å². The van der Waals surface area contributed by atoms with Crippen LogP contribution in [0.2, 0.25) is 0 Å². The summed E-state index contributed by atoms with van der Waals surface area (Å²) in [6.07, 6.45) is 0.343. The van der Waals surface area contributed by atoms with Gasteiger partial charge in [0.05, 0.1) is 11.8 Å². The number of alkyl halides is 1. The molecule has 4 nitrogen and oxygen atoms in total. The van der Waals surface area contributed by atoms with E-state index in [4.69, 9.17) is 0 Å². The molecule has 0 aliphatic heterocycles. The molecule has 1 amide bonds. The van der Waals surface area contributed by atoms with Gasteiger partial charge in [-0.2, -0.15) is 0 Å². The fourth-order valence-corrected chi connectivity index (χ4v) is 2.84. The Kier molecular flexibility index (Phi) is 4.28. The highest BCUT2D eigenvalue weighted by molar-refractivity contribution is 5.87. The number of amides is 1. The van der Waals surface area contributed by atoms with E-state index in [0.29, 0.717) is 6.07 Å². The van der Waals surface area contributed by atoms with Crippen molar-refractivity contribution in [3.8, 4) is 0 Å². The summed E-state index contributed by atoms with van der Waals surface area (Å²) in [4.78, 5) is 16.3. The first-order valence-electron chi connectivity index (χ1n) is 7.46. The summed E-state index contributed by atoms with van der Waals surface area (Å²) in [6, 6.07) is 5.84. The summed E-state index contributed by atoms with van der Waals surface area (Å²) >= 11 is 0. The number of nitrogens with zero attached hydrogens (tertiary/aromatic N) is 1. The zero-order chi connectivity index (χ0) is 17.3. The molecule has 0 bridgehead atoms. The maximum Gasteiger partial charge on any atom is 0.262 e. The second-order valence-electron chi connectivity index (χ2n) is 5.71. The number of aliphatic hydroxyl groups is 1. The van der Waals surface area contributed by atoms with Crippen LogP contribution in [-0.2, 0) is 17.0 Å². The Morgan fingerprint density at radius 3 is 2.92 bits per heavy atom. The van der Waals surface area contributed by atoms with Crippen molar-refractivity contribution in [1.82, 2.24) is 10.3 Å². The van der Waals surface area contributed by atoms with E-state index >= 15 is 4.39 Å². The molecule has 0 saturated carbocycles. The fourth-order valence-electron chi connectivity index (χ4n) is 2.84. The van der Waals surface area contributed by atoms with Gasteiger partial charge in [0.25, 0.3) is 5.91 Å². The summed E-state index contributed by atoms with van der Waals surface area (Å²) < 4.78 is 41.8. The maximum atomic E-state index is 15.3. The normalized spacial score (nSPS) is 22.8. The quantitative estimate of drug-likeness (QED) is 0.906. The molecule has 1 heterocycles. The minimum absolute atomic E-state index is 0.0147. The fraction of sp³-hybridized carbons (Fsp3) is 0.294. The van der Waals surface area contributed by atoms with Gasteiger partial charge in [0.2, 0.25) is 5.67 Å². The first-order chi connectivity index (χ1) is 11.4. The average molecular weight is 336 g/mol. The van der Waals surface area contributed by atoms with E-state index in [-0.39, 0.29) is 36.2 Å². The van der Waals surface area contributed by atoms with Crippen molar-refractivity contribution in [2.75, 3.05) is 0 Å². The van der Waals surface area contributed by atoms with Gasteiger partial charge < -0.3 is 10.4 Å². The molecule has 24 heavy (non-hydrogen) atoms. The predicted molar refractivity (Wildman–Crippen MR) is 79.4 cm³/mol. The molecule has 2 unspecified atom stereocenters. The van der Waals surface area contributed by atoms with E-state index in [9.17, 15) is 18.7 Å². The zero-order valence-electron chi connectivity index (χ0n) is 12.6. The van der Waals surface area contributed by atoms with Crippen molar-refractivity contribution >= 4 is 5.91 Å². The van der Waals surface area contributed by atoms with Crippen LogP contribution in [0.3, 0.4) is 0 Å². The van der Waals surface area contributed by atoms with Gasteiger partial charge in [0.15, 0.2) is 0 Å². The summed E-state index contributed by atoms with van der Waals surface area (Å²) in [5.41, 5.74) is -2.15. The molecule has 1 aromatic heterocycles. The number of aliphatic hydroxyl groups excluding tert-OH is 1. The Morgan fingerprint density at radius 1 is 1.38 bits per heavy atom. The molecule has 3 rings (SSSR count). The van der Waals surface area contributed by atoms with E-state index in [1.807, 2.05) is 0 Å². The molecule has 1 aromatic carbocycles. The second-order valence-corrected chi connectivity index (χ2v) is 5.71. The lowest BCUT2D eigenvalue weighted by Gasteiger charge is -2.32. The molecule has 0 radical (unpaired) electrons. The number of fused-ring (bicyclic) bond motifs is 1. The van der Waals surface area contributed by atoms with Crippen LogP contribution in [0, 0.1) is 11.6 Å². The number of halogens is 3. The highest BCUT2D eigenvalue weighted by Gasteiger charge is 2.46. The minimum atomic E-state index is -2.35. The third-order valence-electron chi connectivity index (χ3n) is 4.16. The van der Waals surface area contributed by atoms with Gasteiger partial charge in [-0.15, -0.1) is 0 Å². The standard InChI is InChI=1S/C17H15F3N2O2/c18-11-4-3-10(13(19)8-11)9-22-16(24)17(20)6-5-14(23)15-12(17)2-1-7-21-15/h1-4,7-8,14,23H,5-6,9H2,(H,22,24). The highest BCUT2D eigenvalue weighted by atomic mass is 19.1. The number of aromatic nitrogens is 1. The maximum absolute atomic E-state index is 15.3. The molecule has 2 aromatic rings. The van der Waals surface area contributed by atoms with Crippen LogP contribution < -0.4 is 5.32 Å². The molecule has 1 aliphatic carbocycles. The van der Waals surface area contributed by atoms with Gasteiger partial charge in [0.1, 0.15) is 11.6 Å². The van der Waals surface area contributed by atoms with Gasteiger partial charge in [-0.05, 0) is 25.0 Å². The zero-order valence-corrected chi connectivity index (χ0v) is 12.6. The van der Waals surface area contributed by atoms with Crippen LogP contribution in [0.1, 0.15) is 35.8 Å². The number of nitrogens with one attached hydrogen (secondary N) is 1. The molecule has 0 fully saturated rings. The Balaban J connectivity index is 1.81. The van der Waals surface area contributed by atoms with Crippen LogP contribution in [0.25, 0.3) is 0 Å². The molecule has 2 atom stereocenters. The Bertz CT molecular complexity index is 784. The molecule has 126 valence electrons. The number of rotatable bonds is 3. The highest BCUT2D eigenvalue weighted by Crippen LogP contribution is 2.42. The number of carbonyl (C=O) groups excluding carboxylic acids is 1. The third-order valence-corrected chi connectivity index (χ3v) is 4.16. The average Bonchev–Trinajstić information content (AvgIpc) is 2.57. The number of benzene rings is 1. The van der Waals surface area contributed by atoms with Gasteiger partial charge in [-0.1, -0.05) is 12.1 Å². The van der Waals surface area contributed by atoms with E-state index in [2.05, 4.69) is 10.3 Å². The SMILES string of the molecule is O=C(NCc1ccc(F)cc1F)C1(F)CCC(O)c2ncccc21. The largest absolute Gasteiger partial charge is 0.387 e. The van der Waals surface area contributed by atoms with Gasteiger partial charge in [0, 0.05) is 29.9 Å². The Labute approximate surface area is 136 Å². The summed E-state index contributed by atoms with van der Waals surface area (Å²) in [6.45, 7) is -0.269. The molecule has 2 N–H and O–H groups in total. The lowest BCUT2D eigenvalue weighted by molar-refractivity contribution is -0.135. The molecular weight excluding hydrogens is 321 g/mol. The monoisotopic (exact) mass is 336 g/mol. The predicted octanol–water partition coefficient (Wildman–Crippen LogP) is 2.67. The lowest BCUT2D eigenvalue weighted by Crippen LogP contribution is -2.44. The Morgan fingerprint density at radius 2 is 2.17 bits per heavy atom. The lowest BCUT2D eigenvalue weighted by atomic mass is 9.81. The molecule has 1 aliphatic rings. The second kappa shape index (κ2) is 6.24. The van der Waals surface area contributed by atoms with Crippen LogP contribution in [0.15, 0.2) is 36.5 Å². The van der Waals surface area contributed by atoms with Crippen molar-refractivity contribution in [2.24, 2.45) is 0 Å².